The van der Waals surface area contributed by atoms with Crippen LogP contribution in [0, 0.1) is 12.7 Å². The molecule has 0 spiro atoms. The standard InChI is InChI=1S/C16H19FN4OS/c1-11-14(19-16(22)20(2)12-7-8-23-10-12)9-18-21(11)15-6-4-3-5-13(15)17/h3-6,9,12H,7-8,10H2,1-2H3,(H,19,22)/t12-/m0/s1. The summed E-state index contributed by atoms with van der Waals surface area (Å²) in [6, 6.07) is 6.54. The summed E-state index contributed by atoms with van der Waals surface area (Å²) >= 11 is 1.86. The van der Waals surface area contributed by atoms with Gasteiger partial charge in [0.25, 0.3) is 0 Å². The lowest BCUT2D eigenvalue weighted by molar-refractivity contribution is 0.209. The largest absolute Gasteiger partial charge is 0.324 e. The number of benzene rings is 1. The molecule has 1 fully saturated rings. The van der Waals surface area contributed by atoms with E-state index in [4.69, 9.17) is 0 Å². The SMILES string of the molecule is Cc1c(NC(=O)N(C)[C@H]2CCSC2)cnn1-c1ccccc1F. The van der Waals surface area contributed by atoms with Crippen LogP contribution in [-0.2, 0) is 0 Å². The molecule has 1 aliphatic heterocycles. The molecule has 0 saturated carbocycles. The number of halogens is 1. The molecule has 1 aromatic heterocycles. The fourth-order valence-electron chi connectivity index (χ4n) is 2.60. The van der Waals surface area contributed by atoms with Crippen LogP contribution in [-0.4, -0.2) is 45.3 Å². The maximum Gasteiger partial charge on any atom is 0.321 e. The van der Waals surface area contributed by atoms with E-state index < -0.39 is 0 Å². The van der Waals surface area contributed by atoms with Gasteiger partial charge in [0.2, 0.25) is 0 Å². The minimum absolute atomic E-state index is 0.159. The lowest BCUT2D eigenvalue weighted by Crippen LogP contribution is -2.39. The fourth-order valence-corrected chi connectivity index (χ4v) is 3.86. The number of hydrogen-bond acceptors (Lipinski definition) is 3. The Bertz CT molecular complexity index is 712. The topological polar surface area (TPSA) is 50.2 Å². The van der Waals surface area contributed by atoms with E-state index in [1.54, 1.807) is 36.2 Å². The first kappa shape index (κ1) is 15.9. The van der Waals surface area contributed by atoms with Crippen molar-refractivity contribution in [2.75, 3.05) is 23.9 Å². The summed E-state index contributed by atoms with van der Waals surface area (Å²) in [5.74, 6) is 1.71. The Morgan fingerprint density at radius 3 is 2.96 bits per heavy atom. The summed E-state index contributed by atoms with van der Waals surface area (Å²) in [6.07, 6.45) is 2.57. The van der Waals surface area contributed by atoms with Crippen LogP contribution in [0.5, 0.6) is 0 Å². The Balaban J connectivity index is 1.77. The summed E-state index contributed by atoms with van der Waals surface area (Å²) in [4.78, 5) is 14.1. The third kappa shape index (κ3) is 3.19. The van der Waals surface area contributed by atoms with Crippen LogP contribution in [0.25, 0.3) is 5.69 Å². The van der Waals surface area contributed by atoms with Crippen molar-refractivity contribution in [3.63, 3.8) is 0 Å². The molecule has 1 N–H and O–H groups in total. The summed E-state index contributed by atoms with van der Waals surface area (Å²) in [5, 5.41) is 7.06. The number of nitrogens with one attached hydrogen (secondary N) is 1. The Labute approximate surface area is 138 Å². The highest BCUT2D eigenvalue weighted by atomic mass is 32.2. The number of rotatable bonds is 3. The molecule has 3 rings (SSSR count). The molecule has 1 aliphatic rings. The summed E-state index contributed by atoms with van der Waals surface area (Å²) in [5.41, 5.74) is 1.65. The zero-order chi connectivity index (χ0) is 16.4. The molecule has 0 aliphatic carbocycles. The van der Waals surface area contributed by atoms with E-state index in [-0.39, 0.29) is 17.9 Å². The van der Waals surface area contributed by atoms with Crippen molar-refractivity contribution in [3.8, 4) is 5.69 Å². The van der Waals surface area contributed by atoms with Gasteiger partial charge in [0.1, 0.15) is 11.5 Å². The molecule has 1 atom stereocenters. The van der Waals surface area contributed by atoms with Gasteiger partial charge in [-0.2, -0.15) is 16.9 Å². The van der Waals surface area contributed by atoms with Crippen LogP contribution >= 0.6 is 11.8 Å². The first-order chi connectivity index (χ1) is 11.1. The number of anilines is 1. The maximum atomic E-state index is 13.9. The molecule has 0 unspecified atom stereocenters. The van der Waals surface area contributed by atoms with Gasteiger partial charge in [-0.05, 0) is 31.2 Å². The average Bonchev–Trinajstić information content (AvgIpc) is 3.19. The predicted octanol–water partition coefficient (Wildman–Crippen LogP) is 3.29. The zero-order valence-electron chi connectivity index (χ0n) is 13.1. The number of nitrogens with zero attached hydrogens (tertiary/aromatic N) is 3. The van der Waals surface area contributed by atoms with Crippen molar-refractivity contribution in [2.45, 2.75) is 19.4 Å². The monoisotopic (exact) mass is 334 g/mol. The molecule has 2 heterocycles. The number of urea groups is 1. The van der Waals surface area contributed by atoms with Gasteiger partial charge in [-0.15, -0.1) is 0 Å². The molecule has 2 amide bonds. The number of carbonyl (C=O) groups is 1. The van der Waals surface area contributed by atoms with E-state index in [0.717, 1.165) is 17.9 Å². The van der Waals surface area contributed by atoms with Crippen molar-refractivity contribution in [3.05, 3.63) is 42.0 Å². The zero-order valence-corrected chi connectivity index (χ0v) is 13.9. The van der Waals surface area contributed by atoms with Crippen LogP contribution in [0.2, 0.25) is 0 Å². The molecule has 23 heavy (non-hydrogen) atoms. The Morgan fingerprint density at radius 2 is 2.26 bits per heavy atom. The number of carbonyl (C=O) groups excluding carboxylic acids is 1. The highest BCUT2D eigenvalue weighted by molar-refractivity contribution is 7.99. The third-order valence-corrected chi connectivity index (χ3v) is 5.25. The van der Waals surface area contributed by atoms with E-state index in [9.17, 15) is 9.18 Å². The van der Waals surface area contributed by atoms with Gasteiger partial charge >= 0.3 is 6.03 Å². The van der Waals surface area contributed by atoms with Crippen LogP contribution in [0.4, 0.5) is 14.9 Å². The quantitative estimate of drug-likeness (QED) is 0.937. The highest BCUT2D eigenvalue weighted by Gasteiger charge is 2.24. The van der Waals surface area contributed by atoms with E-state index in [1.807, 2.05) is 18.8 Å². The average molecular weight is 334 g/mol. The Kier molecular flexibility index (Phi) is 4.56. The van der Waals surface area contributed by atoms with Gasteiger partial charge in [-0.25, -0.2) is 13.9 Å². The first-order valence-corrected chi connectivity index (χ1v) is 8.64. The molecule has 1 aromatic carbocycles. The molecule has 7 heteroatoms. The first-order valence-electron chi connectivity index (χ1n) is 7.49. The Morgan fingerprint density at radius 1 is 1.48 bits per heavy atom. The van der Waals surface area contributed by atoms with Crippen LogP contribution in [0.3, 0.4) is 0 Å². The Hall–Kier alpha value is -2.02. The summed E-state index contributed by atoms with van der Waals surface area (Å²) < 4.78 is 15.4. The molecule has 0 bridgehead atoms. The van der Waals surface area contributed by atoms with Gasteiger partial charge < -0.3 is 10.2 Å². The maximum absolute atomic E-state index is 13.9. The van der Waals surface area contributed by atoms with Crippen molar-refractivity contribution in [1.82, 2.24) is 14.7 Å². The molecule has 5 nitrogen and oxygen atoms in total. The minimum atomic E-state index is -0.350. The van der Waals surface area contributed by atoms with Crippen molar-refractivity contribution in [1.29, 1.82) is 0 Å². The molecule has 0 radical (unpaired) electrons. The fraction of sp³-hybridized carbons (Fsp3) is 0.375. The molecule has 122 valence electrons. The van der Waals surface area contributed by atoms with Crippen LogP contribution in [0.15, 0.2) is 30.5 Å². The molecule has 1 saturated heterocycles. The summed E-state index contributed by atoms with van der Waals surface area (Å²) in [6.45, 7) is 1.81. The minimum Gasteiger partial charge on any atom is -0.324 e. The number of amides is 2. The van der Waals surface area contributed by atoms with Gasteiger partial charge in [0.15, 0.2) is 0 Å². The summed E-state index contributed by atoms with van der Waals surface area (Å²) in [7, 11) is 1.81. The number of hydrogen-bond donors (Lipinski definition) is 1. The van der Waals surface area contributed by atoms with E-state index in [2.05, 4.69) is 10.4 Å². The lowest BCUT2D eigenvalue weighted by atomic mass is 10.2. The highest BCUT2D eigenvalue weighted by Crippen LogP contribution is 2.23. The number of aromatic nitrogens is 2. The van der Waals surface area contributed by atoms with Crippen LogP contribution < -0.4 is 5.32 Å². The van der Waals surface area contributed by atoms with Crippen molar-refractivity contribution in [2.24, 2.45) is 0 Å². The lowest BCUT2D eigenvalue weighted by Gasteiger charge is -2.23. The van der Waals surface area contributed by atoms with Gasteiger partial charge in [-0.1, -0.05) is 12.1 Å². The smallest absolute Gasteiger partial charge is 0.321 e. The molecule has 2 aromatic rings. The van der Waals surface area contributed by atoms with Gasteiger partial charge in [0, 0.05) is 18.8 Å². The van der Waals surface area contributed by atoms with E-state index in [0.29, 0.717) is 17.1 Å². The van der Waals surface area contributed by atoms with E-state index >= 15 is 0 Å². The normalized spacial score (nSPS) is 17.3. The number of para-hydroxylation sites is 1. The van der Waals surface area contributed by atoms with Crippen molar-refractivity contribution < 1.29 is 9.18 Å². The van der Waals surface area contributed by atoms with Crippen molar-refractivity contribution >= 4 is 23.5 Å². The second kappa shape index (κ2) is 6.62. The predicted molar refractivity (Wildman–Crippen MR) is 90.8 cm³/mol. The molecular weight excluding hydrogens is 315 g/mol. The van der Waals surface area contributed by atoms with E-state index in [1.165, 1.54) is 10.7 Å². The van der Waals surface area contributed by atoms with Gasteiger partial charge in [0.05, 0.1) is 17.6 Å². The number of thioether (sulfide) groups is 1. The third-order valence-electron chi connectivity index (χ3n) is 4.11. The van der Waals surface area contributed by atoms with Crippen LogP contribution in [0.1, 0.15) is 12.1 Å². The second-order valence-electron chi connectivity index (χ2n) is 5.57. The van der Waals surface area contributed by atoms with Gasteiger partial charge in [-0.3, -0.25) is 0 Å². The molecular formula is C16H19FN4OS. The second-order valence-corrected chi connectivity index (χ2v) is 6.72.